The van der Waals surface area contributed by atoms with E-state index in [-0.39, 0.29) is 24.5 Å². The Morgan fingerprint density at radius 3 is 2.68 bits per heavy atom. The number of aryl methyl sites for hydroxylation is 1. The second kappa shape index (κ2) is 8.81. The molecule has 0 unspecified atom stereocenters. The molecule has 0 atom stereocenters. The molecule has 0 saturated heterocycles. The number of nitrogens with zero attached hydrogens (tertiary/aromatic N) is 2. The van der Waals surface area contributed by atoms with Crippen molar-refractivity contribution in [3.05, 3.63) is 84.8 Å². The van der Waals surface area contributed by atoms with Crippen LogP contribution in [0.4, 0.5) is 5.69 Å². The number of hydrogen-bond donors (Lipinski definition) is 0. The highest BCUT2D eigenvalue weighted by Gasteiger charge is 2.16. The minimum absolute atomic E-state index is 0.0298. The molecule has 9 heteroatoms. The zero-order valence-electron chi connectivity index (χ0n) is 14.8. The number of carbonyl (C=O) groups is 1. The van der Waals surface area contributed by atoms with E-state index >= 15 is 0 Å². The van der Waals surface area contributed by atoms with Crippen LogP contribution in [0.1, 0.15) is 26.6 Å². The first-order valence-electron chi connectivity index (χ1n) is 8.16. The fourth-order valence-corrected chi connectivity index (χ4v) is 3.13. The third-order valence-corrected chi connectivity index (χ3v) is 4.89. The highest BCUT2D eigenvalue weighted by molar-refractivity contribution is 7.09. The van der Waals surface area contributed by atoms with Gasteiger partial charge in [0.05, 0.1) is 16.2 Å². The first kappa shape index (κ1) is 19.8. The van der Waals surface area contributed by atoms with Gasteiger partial charge in [0, 0.05) is 22.0 Å². The molecule has 0 fully saturated rings. The van der Waals surface area contributed by atoms with Gasteiger partial charge in [-0.15, -0.1) is 11.3 Å². The van der Waals surface area contributed by atoms with Gasteiger partial charge >= 0.3 is 5.97 Å². The van der Waals surface area contributed by atoms with Crippen molar-refractivity contribution >= 4 is 34.6 Å². The van der Waals surface area contributed by atoms with Crippen LogP contribution in [-0.4, -0.2) is 15.9 Å². The number of nitro benzene ring substituents is 1. The highest BCUT2D eigenvalue weighted by atomic mass is 35.5. The number of nitro groups is 1. The Morgan fingerprint density at radius 1 is 1.21 bits per heavy atom. The zero-order chi connectivity index (χ0) is 20.1. The van der Waals surface area contributed by atoms with E-state index in [1.807, 2.05) is 0 Å². The molecule has 144 valence electrons. The molecule has 7 nitrogen and oxygen atoms in total. The summed E-state index contributed by atoms with van der Waals surface area (Å²) >= 11 is 7.21. The Labute approximate surface area is 169 Å². The summed E-state index contributed by atoms with van der Waals surface area (Å²) in [6.07, 6.45) is 0. The van der Waals surface area contributed by atoms with Gasteiger partial charge in [-0.3, -0.25) is 10.1 Å². The van der Waals surface area contributed by atoms with Crippen LogP contribution in [0.5, 0.6) is 5.75 Å². The first-order valence-corrected chi connectivity index (χ1v) is 9.42. The van der Waals surface area contributed by atoms with Gasteiger partial charge in [0.15, 0.2) is 0 Å². The van der Waals surface area contributed by atoms with Crippen molar-refractivity contribution in [2.24, 2.45) is 0 Å². The lowest BCUT2D eigenvalue weighted by atomic mass is 10.1. The Morgan fingerprint density at radius 2 is 1.96 bits per heavy atom. The summed E-state index contributed by atoms with van der Waals surface area (Å²) in [5, 5.41) is 14.1. The molecule has 3 rings (SSSR count). The van der Waals surface area contributed by atoms with Gasteiger partial charge in [-0.2, -0.15) is 0 Å². The normalized spacial score (nSPS) is 10.5. The smallest absolute Gasteiger partial charge is 0.338 e. The number of rotatable bonds is 7. The van der Waals surface area contributed by atoms with Crippen molar-refractivity contribution in [2.45, 2.75) is 20.1 Å². The largest absolute Gasteiger partial charge is 0.486 e. The Bertz CT molecular complexity index is 1000. The van der Waals surface area contributed by atoms with E-state index in [2.05, 4.69) is 4.98 Å². The molecule has 0 spiro atoms. The van der Waals surface area contributed by atoms with Crippen molar-refractivity contribution in [1.29, 1.82) is 0 Å². The summed E-state index contributed by atoms with van der Waals surface area (Å²) in [6.45, 7) is 1.86. The van der Waals surface area contributed by atoms with Gasteiger partial charge in [0.2, 0.25) is 0 Å². The SMILES string of the molecule is Cc1ccc(C(=O)OCc2csc(COc3ccc(Cl)cc3)n2)cc1[N+](=O)[O-]. The fourth-order valence-electron chi connectivity index (χ4n) is 2.31. The molecule has 0 aliphatic heterocycles. The second-order valence-corrected chi connectivity index (χ2v) is 7.19. The molecular weight excluding hydrogens is 404 g/mol. The van der Waals surface area contributed by atoms with Crippen LogP contribution in [0.2, 0.25) is 5.02 Å². The Hall–Kier alpha value is -2.97. The van der Waals surface area contributed by atoms with Crippen molar-refractivity contribution in [3.63, 3.8) is 0 Å². The maximum absolute atomic E-state index is 12.1. The number of hydrogen-bond acceptors (Lipinski definition) is 7. The third-order valence-electron chi connectivity index (χ3n) is 3.77. The second-order valence-electron chi connectivity index (χ2n) is 5.81. The minimum atomic E-state index is -0.643. The Kier molecular flexibility index (Phi) is 6.23. The van der Waals surface area contributed by atoms with Gasteiger partial charge < -0.3 is 9.47 Å². The molecule has 2 aromatic carbocycles. The molecule has 0 aliphatic rings. The van der Waals surface area contributed by atoms with E-state index in [1.54, 1.807) is 36.6 Å². The quantitative estimate of drug-likeness (QED) is 0.306. The van der Waals surface area contributed by atoms with Crippen LogP contribution < -0.4 is 4.74 Å². The first-order chi connectivity index (χ1) is 13.4. The molecule has 3 aromatic rings. The summed E-state index contributed by atoms with van der Waals surface area (Å²) in [7, 11) is 0. The zero-order valence-corrected chi connectivity index (χ0v) is 16.3. The molecule has 1 aromatic heterocycles. The lowest BCUT2D eigenvalue weighted by molar-refractivity contribution is -0.385. The van der Waals surface area contributed by atoms with Crippen molar-refractivity contribution in [3.8, 4) is 5.75 Å². The van der Waals surface area contributed by atoms with Crippen LogP contribution in [0, 0.1) is 17.0 Å². The van der Waals surface area contributed by atoms with Gasteiger partial charge in [0.25, 0.3) is 5.69 Å². The van der Waals surface area contributed by atoms with Crippen molar-refractivity contribution in [1.82, 2.24) is 4.98 Å². The fraction of sp³-hybridized carbons (Fsp3) is 0.158. The minimum Gasteiger partial charge on any atom is -0.486 e. The van der Waals surface area contributed by atoms with E-state index in [0.717, 1.165) is 5.01 Å². The van der Waals surface area contributed by atoms with Crippen LogP contribution in [-0.2, 0) is 18.0 Å². The number of carbonyl (C=O) groups excluding carboxylic acids is 1. The maximum Gasteiger partial charge on any atom is 0.338 e. The number of thiazole rings is 1. The Balaban J connectivity index is 1.55. The molecule has 0 saturated carbocycles. The molecule has 0 aliphatic carbocycles. The predicted octanol–water partition coefficient (Wildman–Crippen LogP) is 4.95. The van der Waals surface area contributed by atoms with E-state index < -0.39 is 10.9 Å². The number of aromatic nitrogens is 1. The third kappa shape index (κ3) is 5.05. The van der Waals surface area contributed by atoms with Crippen molar-refractivity contribution in [2.75, 3.05) is 0 Å². The van der Waals surface area contributed by atoms with Crippen molar-refractivity contribution < 1.29 is 19.2 Å². The average Bonchev–Trinajstić information content (AvgIpc) is 3.13. The van der Waals surface area contributed by atoms with Gasteiger partial charge in [-0.1, -0.05) is 17.7 Å². The van der Waals surface area contributed by atoms with Gasteiger partial charge in [0.1, 0.15) is 24.0 Å². The summed E-state index contributed by atoms with van der Waals surface area (Å²) in [6, 6.07) is 11.2. The molecule has 0 radical (unpaired) electrons. The summed E-state index contributed by atoms with van der Waals surface area (Å²) < 4.78 is 10.8. The molecule has 0 bridgehead atoms. The molecule has 1 heterocycles. The van der Waals surface area contributed by atoms with E-state index in [1.165, 1.54) is 29.5 Å². The van der Waals surface area contributed by atoms with Crippen LogP contribution >= 0.6 is 22.9 Å². The van der Waals surface area contributed by atoms with Crippen LogP contribution in [0.25, 0.3) is 0 Å². The number of ether oxygens (including phenoxy) is 2. The summed E-state index contributed by atoms with van der Waals surface area (Å²) in [5.41, 5.74) is 1.06. The summed E-state index contributed by atoms with van der Waals surface area (Å²) in [4.78, 5) is 27.0. The van der Waals surface area contributed by atoms with E-state index in [0.29, 0.717) is 22.0 Å². The predicted molar refractivity (Wildman–Crippen MR) is 105 cm³/mol. The van der Waals surface area contributed by atoms with Gasteiger partial charge in [-0.25, -0.2) is 9.78 Å². The molecule has 28 heavy (non-hydrogen) atoms. The van der Waals surface area contributed by atoms with E-state index in [9.17, 15) is 14.9 Å². The number of benzene rings is 2. The highest BCUT2D eigenvalue weighted by Crippen LogP contribution is 2.21. The molecule has 0 amide bonds. The molecular formula is C19H15ClN2O5S. The average molecular weight is 419 g/mol. The number of esters is 1. The van der Waals surface area contributed by atoms with Crippen LogP contribution in [0.15, 0.2) is 47.8 Å². The lowest BCUT2D eigenvalue weighted by Gasteiger charge is -2.05. The molecule has 0 N–H and O–H groups in total. The topological polar surface area (TPSA) is 91.6 Å². The van der Waals surface area contributed by atoms with Gasteiger partial charge in [-0.05, 0) is 37.3 Å². The lowest BCUT2D eigenvalue weighted by Crippen LogP contribution is -2.06. The number of halogens is 1. The monoisotopic (exact) mass is 418 g/mol. The standard InChI is InChI=1S/C19H15ClN2O5S/c1-12-2-3-13(8-17(12)22(24)25)19(23)27-9-15-11-28-18(21-15)10-26-16-6-4-14(20)5-7-16/h2-8,11H,9-10H2,1H3. The summed E-state index contributed by atoms with van der Waals surface area (Å²) in [5.74, 6) is 0.0311. The maximum atomic E-state index is 12.1. The van der Waals surface area contributed by atoms with E-state index in [4.69, 9.17) is 21.1 Å². The van der Waals surface area contributed by atoms with Crippen LogP contribution in [0.3, 0.4) is 0 Å².